The van der Waals surface area contributed by atoms with Crippen LogP contribution in [0.15, 0.2) is 35.5 Å². The first-order valence-corrected chi connectivity index (χ1v) is 8.24. The van der Waals surface area contributed by atoms with Gasteiger partial charge in [-0.05, 0) is 36.6 Å². The summed E-state index contributed by atoms with van der Waals surface area (Å²) >= 11 is 6.07. The Morgan fingerprint density at radius 1 is 1.24 bits per heavy atom. The Balaban J connectivity index is 2.55. The second-order valence-electron chi connectivity index (χ2n) is 5.72. The first-order chi connectivity index (χ1) is 11.9. The van der Waals surface area contributed by atoms with E-state index in [0.717, 1.165) is 12.5 Å². The minimum absolute atomic E-state index is 0.0377. The van der Waals surface area contributed by atoms with Gasteiger partial charge in [0.25, 0.3) is 0 Å². The number of benzene rings is 1. The number of cyclic esters (lactones) is 1. The molecule has 0 spiro atoms. The number of phenolic OH excluding ortho intramolecular Hbond substituents is 1. The van der Waals surface area contributed by atoms with Crippen LogP contribution in [0.25, 0.3) is 0 Å². The number of fused-ring (bicyclic) bond motifs is 1. The molecule has 0 radical (unpaired) electrons. The summed E-state index contributed by atoms with van der Waals surface area (Å²) in [5.41, 5.74) is -0.461. The van der Waals surface area contributed by atoms with Gasteiger partial charge in [0, 0.05) is 18.9 Å². The van der Waals surface area contributed by atoms with Crippen molar-refractivity contribution in [1.29, 1.82) is 0 Å². The SMILES string of the molecule is C[C@@H]1C/C=C/CC/C=C/C(=O)Cc2c(Cl)c(O)cc(N=O)c2C(=O)O1. The third kappa shape index (κ3) is 4.76. The van der Waals surface area contributed by atoms with Crippen LogP contribution in [0, 0.1) is 4.91 Å². The lowest BCUT2D eigenvalue weighted by molar-refractivity contribution is -0.114. The van der Waals surface area contributed by atoms with Gasteiger partial charge in [0.2, 0.25) is 0 Å². The van der Waals surface area contributed by atoms with Crippen LogP contribution in [0.2, 0.25) is 5.02 Å². The monoisotopic (exact) mass is 363 g/mol. The summed E-state index contributed by atoms with van der Waals surface area (Å²) in [5, 5.41) is 12.5. The molecule has 0 fully saturated rings. The molecule has 0 saturated carbocycles. The van der Waals surface area contributed by atoms with Crippen molar-refractivity contribution in [3.05, 3.63) is 51.4 Å². The molecule has 1 aliphatic heterocycles. The largest absolute Gasteiger partial charge is 0.506 e. The van der Waals surface area contributed by atoms with E-state index in [1.54, 1.807) is 13.0 Å². The molecule has 0 amide bonds. The maximum Gasteiger partial charge on any atom is 0.341 e. The maximum absolute atomic E-state index is 12.5. The Bertz CT molecular complexity index is 754. The number of nitroso groups, excluding NO2 is 1. The highest BCUT2D eigenvalue weighted by atomic mass is 35.5. The van der Waals surface area contributed by atoms with Gasteiger partial charge in [0.15, 0.2) is 5.78 Å². The van der Waals surface area contributed by atoms with Gasteiger partial charge in [-0.3, -0.25) is 4.79 Å². The van der Waals surface area contributed by atoms with Crippen LogP contribution in [0.3, 0.4) is 0 Å². The van der Waals surface area contributed by atoms with Crippen LogP contribution < -0.4 is 0 Å². The predicted octanol–water partition coefficient (Wildman–Crippen LogP) is 4.40. The van der Waals surface area contributed by atoms with Crippen molar-refractivity contribution in [2.24, 2.45) is 5.18 Å². The van der Waals surface area contributed by atoms with Gasteiger partial charge < -0.3 is 9.84 Å². The zero-order valence-electron chi connectivity index (χ0n) is 13.7. The predicted molar refractivity (Wildman–Crippen MR) is 94.3 cm³/mol. The van der Waals surface area contributed by atoms with E-state index in [1.807, 2.05) is 12.2 Å². The van der Waals surface area contributed by atoms with Crippen molar-refractivity contribution < 1.29 is 19.4 Å². The van der Waals surface area contributed by atoms with Crippen LogP contribution in [0.4, 0.5) is 5.69 Å². The van der Waals surface area contributed by atoms with E-state index >= 15 is 0 Å². The van der Waals surface area contributed by atoms with Crippen molar-refractivity contribution in [3.63, 3.8) is 0 Å². The molecule has 0 saturated heterocycles. The van der Waals surface area contributed by atoms with Crippen molar-refractivity contribution in [2.45, 2.75) is 38.7 Å². The minimum atomic E-state index is -0.804. The van der Waals surface area contributed by atoms with E-state index in [0.29, 0.717) is 12.8 Å². The van der Waals surface area contributed by atoms with Crippen LogP contribution in [-0.2, 0) is 16.0 Å². The fourth-order valence-corrected chi connectivity index (χ4v) is 2.70. The summed E-state index contributed by atoms with van der Waals surface area (Å²) in [6.07, 6.45) is 8.26. The summed E-state index contributed by atoms with van der Waals surface area (Å²) in [4.78, 5) is 35.8. The van der Waals surface area contributed by atoms with Gasteiger partial charge in [-0.15, -0.1) is 4.91 Å². The Morgan fingerprint density at radius 2 is 1.96 bits per heavy atom. The number of ketones is 1. The normalized spacial score (nSPS) is 21.6. The topological polar surface area (TPSA) is 93.0 Å². The average molecular weight is 364 g/mol. The molecular weight excluding hydrogens is 346 g/mol. The first kappa shape index (κ1) is 18.9. The highest BCUT2D eigenvalue weighted by Gasteiger charge is 2.26. The number of carbonyl (C=O) groups excluding carboxylic acids is 2. The van der Waals surface area contributed by atoms with Crippen LogP contribution >= 0.6 is 11.6 Å². The Morgan fingerprint density at radius 3 is 2.68 bits per heavy atom. The van der Waals surface area contributed by atoms with E-state index in [4.69, 9.17) is 16.3 Å². The van der Waals surface area contributed by atoms with Crippen molar-refractivity contribution in [3.8, 4) is 5.75 Å². The lowest BCUT2D eigenvalue weighted by atomic mass is 9.99. The number of rotatable bonds is 1. The van der Waals surface area contributed by atoms with Crippen molar-refractivity contribution in [1.82, 2.24) is 0 Å². The van der Waals surface area contributed by atoms with E-state index in [9.17, 15) is 19.6 Å². The number of phenols is 1. The third-order valence-electron chi connectivity index (χ3n) is 3.72. The summed E-state index contributed by atoms with van der Waals surface area (Å²) in [7, 11) is 0. The average Bonchev–Trinajstić information content (AvgIpc) is 2.56. The number of halogens is 1. The fraction of sp³-hybridized carbons (Fsp3) is 0.333. The van der Waals surface area contributed by atoms with Gasteiger partial charge in [0.05, 0.1) is 10.6 Å². The van der Waals surface area contributed by atoms with Crippen LogP contribution in [0.5, 0.6) is 5.75 Å². The molecule has 0 bridgehead atoms. The van der Waals surface area contributed by atoms with Crippen molar-refractivity contribution in [2.75, 3.05) is 0 Å². The molecule has 25 heavy (non-hydrogen) atoms. The number of carbonyl (C=O) groups is 2. The number of nitrogens with zero attached hydrogens (tertiary/aromatic N) is 1. The minimum Gasteiger partial charge on any atom is -0.506 e. The van der Waals surface area contributed by atoms with Crippen molar-refractivity contribution >= 4 is 29.0 Å². The van der Waals surface area contributed by atoms with Gasteiger partial charge >= 0.3 is 5.97 Å². The summed E-state index contributed by atoms with van der Waals surface area (Å²) in [5.74, 6) is -1.54. The number of ether oxygens (including phenoxy) is 1. The summed E-state index contributed by atoms with van der Waals surface area (Å²) in [6, 6.07) is 0.990. The molecule has 1 aliphatic rings. The standard InChI is InChI=1S/C18H18ClNO5/c1-11-7-5-3-2-4-6-8-12(21)9-13-16(18(23)25-11)14(20-24)10-15(22)17(13)19/h3,5-6,8,10-11,22H,2,4,7,9H2,1H3/b5-3+,8-6+/t11-/m1/s1. The second-order valence-corrected chi connectivity index (χ2v) is 6.10. The van der Waals surface area contributed by atoms with Crippen LogP contribution in [0.1, 0.15) is 42.1 Å². The van der Waals surface area contributed by atoms with Gasteiger partial charge in [0.1, 0.15) is 17.5 Å². The first-order valence-electron chi connectivity index (χ1n) is 7.87. The molecule has 1 heterocycles. The third-order valence-corrected chi connectivity index (χ3v) is 4.14. The number of allylic oxidation sites excluding steroid dienone is 3. The number of hydrogen-bond acceptors (Lipinski definition) is 6. The smallest absolute Gasteiger partial charge is 0.341 e. The second kappa shape index (κ2) is 8.58. The van der Waals surface area contributed by atoms with E-state index < -0.39 is 17.8 Å². The lowest BCUT2D eigenvalue weighted by Gasteiger charge is -2.16. The molecule has 1 atom stereocenters. The van der Waals surface area contributed by atoms with Gasteiger partial charge in [-0.2, -0.15) is 0 Å². The summed E-state index contributed by atoms with van der Waals surface area (Å²) in [6.45, 7) is 1.72. The van der Waals surface area contributed by atoms with Crippen LogP contribution in [-0.4, -0.2) is 23.0 Å². The number of aromatic hydroxyl groups is 1. The molecule has 0 aromatic heterocycles. The quantitative estimate of drug-likeness (QED) is 0.453. The Hall–Kier alpha value is -2.47. The zero-order chi connectivity index (χ0) is 18.4. The molecule has 132 valence electrons. The van der Waals surface area contributed by atoms with E-state index in [1.165, 1.54) is 6.08 Å². The fourth-order valence-electron chi connectivity index (χ4n) is 2.49. The number of esters is 1. The molecule has 6 nitrogen and oxygen atoms in total. The summed E-state index contributed by atoms with van der Waals surface area (Å²) < 4.78 is 5.34. The highest BCUT2D eigenvalue weighted by Crippen LogP contribution is 2.38. The Labute approximate surface area is 150 Å². The van der Waals surface area contributed by atoms with E-state index in [-0.39, 0.29) is 34.0 Å². The van der Waals surface area contributed by atoms with Gasteiger partial charge in [-0.1, -0.05) is 29.8 Å². The molecular formula is C18H18ClNO5. The molecule has 2 rings (SSSR count). The highest BCUT2D eigenvalue weighted by molar-refractivity contribution is 6.33. The molecule has 1 aromatic rings. The van der Waals surface area contributed by atoms with Gasteiger partial charge in [-0.25, -0.2) is 4.79 Å². The Kier molecular flexibility index (Phi) is 6.47. The zero-order valence-corrected chi connectivity index (χ0v) is 14.5. The van der Waals surface area contributed by atoms with E-state index in [2.05, 4.69) is 5.18 Å². The molecule has 0 unspecified atom stereocenters. The molecule has 0 aliphatic carbocycles. The molecule has 1 N–H and O–H groups in total. The maximum atomic E-state index is 12.5. The number of hydrogen-bond donors (Lipinski definition) is 1. The molecule has 1 aromatic carbocycles. The lowest BCUT2D eigenvalue weighted by Crippen LogP contribution is -2.17. The molecule has 7 heteroatoms.